The molecular formula is C15H15NS. The van der Waals surface area contributed by atoms with Crippen LogP contribution in [0.1, 0.15) is 26.3 Å². The van der Waals surface area contributed by atoms with Crippen molar-refractivity contribution in [2.75, 3.05) is 0 Å². The summed E-state index contributed by atoms with van der Waals surface area (Å²) in [5.41, 5.74) is 2.60. The third kappa shape index (κ3) is 1.73. The SMILES string of the molecule is CC(C)(C)c1cnc2c(c1)sc1ccccc12. The molecule has 86 valence electrons. The maximum atomic E-state index is 4.65. The van der Waals surface area contributed by atoms with Crippen LogP contribution in [-0.2, 0) is 5.41 Å². The number of aromatic nitrogens is 1. The lowest BCUT2D eigenvalue weighted by Crippen LogP contribution is -2.10. The fourth-order valence-electron chi connectivity index (χ4n) is 2.00. The molecule has 1 aromatic carbocycles. The number of fused-ring (bicyclic) bond motifs is 3. The number of rotatable bonds is 0. The van der Waals surface area contributed by atoms with E-state index >= 15 is 0 Å². The highest BCUT2D eigenvalue weighted by molar-refractivity contribution is 7.25. The van der Waals surface area contributed by atoms with Crippen molar-refractivity contribution in [3.63, 3.8) is 0 Å². The van der Waals surface area contributed by atoms with E-state index in [2.05, 4.69) is 56.1 Å². The van der Waals surface area contributed by atoms with E-state index in [9.17, 15) is 0 Å². The molecule has 2 heteroatoms. The van der Waals surface area contributed by atoms with Crippen LogP contribution in [0.15, 0.2) is 36.5 Å². The fraction of sp³-hybridized carbons (Fsp3) is 0.267. The summed E-state index contributed by atoms with van der Waals surface area (Å²) >= 11 is 1.83. The molecule has 0 N–H and O–H groups in total. The van der Waals surface area contributed by atoms with Crippen LogP contribution in [0.25, 0.3) is 20.3 Å². The van der Waals surface area contributed by atoms with E-state index in [1.54, 1.807) is 0 Å². The number of pyridine rings is 1. The third-order valence-electron chi connectivity index (χ3n) is 3.08. The maximum absolute atomic E-state index is 4.65. The molecule has 3 rings (SSSR count). The highest BCUT2D eigenvalue weighted by Crippen LogP contribution is 2.34. The van der Waals surface area contributed by atoms with Gasteiger partial charge in [0.1, 0.15) is 0 Å². The quantitative estimate of drug-likeness (QED) is 0.553. The van der Waals surface area contributed by atoms with Crippen LogP contribution in [-0.4, -0.2) is 4.98 Å². The molecule has 0 bridgehead atoms. The molecule has 1 nitrogen and oxygen atoms in total. The Kier molecular flexibility index (Phi) is 2.23. The molecule has 0 radical (unpaired) electrons. The van der Waals surface area contributed by atoms with Crippen molar-refractivity contribution in [3.8, 4) is 0 Å². The lowest BCUT2D eigenvalue weighted by molar-refractivity contribution is 0.589. The summed E-state index contributed by atoms with van der Waals surface area (Å²) in [4.78, 5) is 4.65. The zero-order chi connectivity index (χ0) is 12.0. The highest BCUT2D eigenvalue weighted by atomic mass is 32.1. The van der Waals surface area contributed by atoms with E-state index in [-0.39, 0.29) is 5.41 Å². The minimum absolute atomic E-state index is 0.164. The van der Waals surface area contributed by atoms with Crippen LogP contribution in [0.3, 0.4) is 0 Å². The van der Waals surface area contributed by atoms with Gasteiger partial charge in [0.05, 0.1) is 10.2 Å². The first-order valence-electron chi connectivity index (χ1n) is 5.83. The van der Waals surface area contributed by atoms with Crippen molar-refractivity contribution in [3.05, 3.63) is 42.1 Å². The Balaban J connectivity index is 2.34. The van der Waals surface area contributed by atoms with Gasteiger partial charge >= 0.3 is 0 Å². The maximum Gasteiger partial charge on any atom is 0.0888 e. The van der Waals surface area contributed by atoms with Crippen molar-refractivity contribution >= 4 is 31.6 Å². The molecule has 0 aliphatic rings. The monoisotopic (exact) mass is 241 g/mol. The minimum atomic E-state index is 0.164. The predicted molar refractivity (Wildman–Crippen MR) is 75.8 cm³/mol. The van der Waals surface area contributed by atoms with Crippen molar-refractivity contribution < 1.29 is 0 Å². The van der Waals surface area contributed by atoms with Crippen LogP contribution in [0.2, 0.25) is 0 Å². The van der Waals surface area contributed by atoms with Gasteiger partial charge in [0.25, 0.3) is 0 Å². The lowest BCUT2D eigenvalue weighted by atomic mass is 9.88. The average Bonchev–Trinajstić information content (AvgIpc) is 2.65. The van der Waals surface area contributed by atoms with Crippen LogP contribution in [0, 0.1) is 0 Å². The number of hydrogen-bond acceptors (Lipinski definition) is 2. The first-order chi connectivity index (χ1) is 8.05. The van der Waals surface area contributed by atoms with Crippen LogP contribution in [0.5, 0.6) is 0 Å². The van der Waals surface area contributed by atoms with E-state index in [0.717, 1.165) is 5.52 Å². The number of hydrogen-bond donors (Lipinski definition) is 0. The molecule has 0 atom stereocenters. The van der Waals surface area contributed by atoms with Crippen LogP contribution >= 0.6 is 11.3 Å². The topological polar surface area (TPSA) is 12.9 Å². The van der Waals surface area contributed by atoms with E-state index in [4.69, 9.17) is 0 Å². The largest absolute Gasteiger partial charge is 0.254 e. The fourth-order valence-corrected chi connectivity index (χ4v) is 3.11. The van der Waals surface area contributed by atoms with Gasteiger partial charge in [-0.2, -0.15) is 0 Å². The summed E-state index contributed by atoms with van der Waals surface area (Å²) in [7, 11) is 0. The van der Waals surface area contributed by atoms with Gasteiger partial charge in [0, 0.05) is 16.3 Å². The van der Waals surface area contributed by atoms with Crippen LogP contribution < -0.4 is 0 Å². The zero-order valence-electron chi connectivity index (χ0n) is 10.3. The number of thiophene rings is 1. The first kappa shape index (κ1) is 10.7. The predicted octanol–water partition coefficient (Wildman–Crippen LogP) is 4.75. The molecule has 0 unspecified atom stereocenters. The summed E-state index contributed by atoms with van der Waals surface area (Å²) in [6.07, 6.45) is 2.02. The minimum Gasteiger partial charge on any atom is -0.254 e. The normalized spacial score (nSPS) is 12.4. The summed E-state index contributed by atoms with van der Waals surface area (Å²) < 4.78 is 2.61. The molecule has 2 heterocycles. The van der Waals surface area contributed by atoms with Crippen molar-refractivity contribution in [2.24, 2.45) is 0 Å². The van der Waals surface area contributed by atoms with E-state index < -0.39 is 0 Å². The standard InChI is InChI=1S/C15H15NS/c1-15(2,3)10-8-13-14(16-9-10)11-6-4-5-7-12(11)17-13/h4-9H,1-3H3. The van der Waals surface area contributed by atoms with E-state index in [1.807, 2.05) is 17.5 Å². The number of nitrogens with zero attached hydrogens (tertiary/aromatic N) is 1. The Hall–Kier alpha value is -1.41. The molecule has 2 aromatic heterocycles. The molecule has 3 aromatic rings. The molecule has 0 spiro atoms. The van der Waals surface area contributed by atoms with Crippen LogP contribution in [0.4, 0.5) is 0 Å². The Morgan fingerprint density at radius 2 is 1.82 bits per heavy atom. The molecule has 0 aliphatic carbocycles. The Morgan fingerprint density at radius 3 is 2.59 bits per heavy atom. The van der Waals surface area contributed by atoms with Gasteiger partial charge in [-0.15, -0.1) is 11.3 Å². The highest BCUT2D eigenvalue weighted by Gasteiger charge is 2.15. The van der Waals surface area contributed by atoms with Crippen molar-refractivity contribution in [2.45, 2.75) is 26.2 Å². The number of benzene rings is 1. The van der Waals surface area contributed by atoms with Gasteiger partial charge in [-0.3, -0.25) is 4.98 Å². The van der Waals surface area contributed by atoms with Gasteiger partial charge in [-0.1, -0.05) is 39.0 Å². The van der Waals surface area contributed by atoms with E-state index in [0.29, 0.717) is 0 Å². The summed E-state index contributed by atoms with van der Waals surface area (Å²) in [6.45, 7) is 6.68. The summed E-state index contributed by atoms with van der Waals surface area (Å²) in [5, 5.41) is 1.27. The Bertz CT molecular complexity index is 689. The zero-order valence-corrected chi connectivity index (χ0v) is 11.1. The van der Waals surface area contributed by atoms with Gasteiger partial charge < -0.3 is 0 Å². The average molecular weight is 241 g/mol. The summed E-state index contributed by atoms with van der Waals surface area (Å²) in [6, 6.07) is 10.8. The molecule has 17 heavy (non-hydrogen) atoms. The third-order valence-corrected chi connectivity index (χ3v) is 4.19. The lowest BCUT2D eigenvalue weighted by Gasteiger charge is -2.18. The second kappa shape index (κ2) is 3.54. The Morgan fingerprint density at radius 1 is 1.06 bits per heavy atom. The van der Waals surface area contributed by atoms with Gasteiger partial charge in [-0.25, -0.2) is 0 Å². The van der Waals surface area contributed by atoms with Crippen molar-refractivity contribution in [1.29, 1.82) is 0 Å². The summed E-state index contributed by atoms with van der Waals surface area (Å²) in [5.74, 6) is 0. The molecule has 0 saturated heterocycles. The molecule has 0 fully saturated rings. The van der Waals surface area contributed by atoms with E-state index in [1.165, 1.54) is 20.3 Å². The molecule has 0 amide bonds. The van der Waals surface area contributed by atoms with Crippen molar-refractivity contribution in [1.82, 2.24) is 4.98 Å². The second-order valence-corrected chi connectivity index (χ2v) is 6.50. The van der Waals surface area contributed by atoms with Gasteiger partial charge in [0.15, 0.2) is 0 Å². The molecule has 0 aliphatic heterocycles. The van der Waals surface area contributed by atoms with Gasteiger partial charge in [-0.05, 0) is 23.1 Å². The second-order valence-electron chi connectivity index (χ2n) is 5.42. The Labute approximate surface area is 105 Å². The smallest absolute Gasteiger partial charge is 0.0888 e. The first-order valence-corrected chi connectivity index (χ1v) is 6.65. The molecular weight excluding hydrogens is 226 g/mol. The van der Waals surface area contributed by atoms with Gasteiger partial charge in [0.2, 0.25) is 0 Å². The molecule has 0 saturated carbocycles.